The van der Waals surface area contributed by atoms with Crippen molar-refractivity contribution >= 4 is 29.6 Å². The minimum atomic E-state index is -0.530. The van der Waals surface area contributed by atoms with Gasteiger partial charge in [0, 0.05) is 20.1 Å². The number of carbonyl (C=O) groups is 2. The molecule has 2 aromatic rings. The molecular weight excluding hydrogens is 356 g/mol. The molecule has 2 N–H and O–H groups in total. The van der Waals surface area contributed by atoms with Gasteiger partial charge in [0.15, 0.2) is 5.16 Å². The largest absolute Gasteiger partial charge is 0.467 e. The van der Waals surface area contributed by atoms with E-state index in [-0.39, 0.29) is 5.91 Å². The van der Waals surface area contributed by atoms with E-state index in [2.05, 4.69) is 25.7 Å². The van der Waals surface area contributed by atoms with Gasteiger partial charge in [-0.2, -0.15) is 0 Å². The zero-order chi connectivity index (χ0) is 18.5. The number of hydrogen-bond acceptors (Lipinski definition) is 7. The molecule has 0 radical (unpaired) electrons. The quantitative estimate of drug-likeness (QED) is 0.733. The van der Waals surface area contributed by atoms with E-state index in [9.17, 15) is 9.59 Å². The lowest BCUT2D eigenvalue weighted by Gasteiger charge is -2.18. The number of amides is 3. The molecule has 3 rings (SSSR count). The number of nitrogens with zero attached hydrogens (tertiary/aromatic N) is 4. The molecule has 0 saturated carbocycles. The summed E-state index contributed by atoms with van der Waals surface area (Å²) >= 11 is 1.26. The molecule has 3 amide bonds. The molecule has 0 aromatic carbocycles. The smallest absolute Gasteiger partial charge is 0.321 e. The van der Waals surface area contributed by atoms with E-state index >= 15 is 0 Å². The second-order valence-corrected chi connectivity index (χ2v) is 7.28. The van der Waals surface area contributed by atoms with Crippen molar-refractivity contribution in [1.82, 2.24) is 25.4 Å². The summed E-state index contributed by atoms with van der Waals surface area (Å²) < 4.78 is 7.42. The highest BCUT2D eigenvalue weighted by Gasteiger charge is 2.25. The number of thioether (sulfide) groups is 1. The molecule has 0 bridgehead atoms. The Kier molecular flexibility index (Phi) is 5.82. The fourth-order valence-corrected chi connectivity index (χ4v) is 3.55. The van der Waals surface area contributed by atoms with E-state index in [4.69, 9.17) is 4.42 Å². The van der Waals surface area contributed by atoms with Crippen LogP contribution in [0.5, 0.6) is 0 Å². The third-order valence-electron chi connectivity index (χ3n) is 4.10. The molecule has 2 aromatic heterocycles. The zero-order valence-electron chi connectivity index (χ0n) is 14.8. The Morgan fingerprint density at radius 3 is 2.77 bits per heavy atom. The summed E-state index contributed by atoms with van der Waals surface area (Å²) in [6.45, 7) is 4.09. The second-order valence-electron chi connectivity index (χ2n) is 5.97. The summed E-state index contributed by atoms with van der Waals surface area (Å²) in [5.74, 6) is 1.18. The average Bonchev–Trinajstić information content (AvgIpc) is 3.37. The normalized spacial score (nSPS) is 15.1. The lowest BCUT2D eigenvalue weighted by Crippen LogP contribution is -2.41. The van der Waals surface area contributed by atoms with Crippen LogP contribution in [-0.2, 0) is 11.3 Å². The van der Waals surface area contributed by atoms with Gasteiger partial charge in [-0.3, -0.25) is 14.7 Å². The van der Waals surface area contributed by atoms with E-state index in [0.717, 1.165) is 37.6 Å². The molecule has 1 aliphatic rings. The first-order chi connectivity index (χ1) is 12.6. The van der Waals surface area contributed by atoms with Crippen LogP contribution in [0.1, 0.15) is 25.5 Å². The highest BCUT2D eigenvalue weighted by Crippen LogP contribution is 2.28. The highest BCUT2D eigenvalue weighted by atomic mass is 32.2. The molecule has 9 nitrogen and oxygen atoms in total. The van der Waals surface area contributed by atoms with Crippen molar-refractivity contribution in [3.05, 3.63) is 24.2 Å². The van der Waals surface area contributed by atoms with Gasteiger partial charge in [0.25, 0.3) is 0 Å². The summed E-state index contributed by atoms with van der Waals surface area (Å²) in [4.78, 5) is 25.6. The maximum Gasteiger partial charge on any atom is 0.321 e. The molecule has 1 fully saturated rings. The molecule has 1 unspecified atom stereocenters. The molecule has 1 atom stereocenters. The first kappa shape index (κ1) is 18.3. The summed E-state index contributed by atoms with van der Waals surface area (Å²) in [6.07, 6.45) is 3.88. The predicted octanol–water partition coefficient (Wildman–Crippen LogP) is 1.46. The number of urea groups is 1. The maximum atomic E-state index is 12.1. The molecular formula is C16H22N6O3S. The Balaban J connectivity index is 1.79. The van der Waals surface area contributed by atoms with Crippen LogP contribution in [0.3, 0.4) is 0 Å². The minimum absolute atomic E-state index is 0.385. The average molecular weight is 378 g/mol. The molecule has 26 heavy (non-hydrogen) atoms. The van der Waals surface area contributed by atoms with Crippen LogP contribution in [0.2, 0.25) is 0 Å². The number of hydrogen-bond donors (Lipinski definition) is 2. The highest BCUT2D eigenvalue weighted by molar-refractivity contribution is 8.00. The van der Waals surface area contributed by atoms with Crippen molar-refractivity contribution in [1.29, 1.82) is 0 Å². The van der Waals surface area contributed by atoms with Crippen molar-refractivity contribution in [2.24, 2.45) is 0 Å². The molecule has 0 spiro atoms. The zero-order valence-corrected chi connectivity index (χ0v) is 15.6. The molecule has 1 aliphatic heterocycles. The Labute approximate surface area is 155 Å². The first-order valence-electron chi connectivity index (χ1n) is 8.48. The second kappa shape index (κ2) is 8.26. The molecule has 0 aliphatic carbocycles. The van der Waals surface area contributed by atoms with Crippen LogP contribution in [0.4, 0.5) is 10.7 Å². The van der Waals surface area contributed by atoms with Gasteiger partial charge in [0.1, 0.15) is 5.76 Å². The minimum Gasteiger partial charge on any atom is -0.467 e. The van der Waals surface area contributed by atoms with Crippen LogP contribution in [0, 0.1) is 0 Å². The number of anilines is 1. The standard InChI is InChI=1S/C16H22N6O3S/c1-11(13(23)18-14(24)17-2)26-16-20-19-15(21-7-3-4-8-21)22(16)10-12-6-5-9-25-12/h5-6,9,11H,3-4,7-8,10H2,1-2H3,(H2,17,18,23,24). The summed E-state index contributed by atoms with van der Waals surface area (Å²) in [7, 11) is 1.46. The molecule has 3 heterocycles. The Morgan fingerprint density at radius 2 is 2.12 bits per heavy atom. The number of rotatable bonds is 6. The topological polar surface area (TPSA) is 105 Å². The van der Waals surface area contributed by atoms with Crippen molar-refractivity contribution in [2.45, 2.75) is 36.7 Å². The maximum absolute atomic E-state index is 12.1. The summed E-state index contributed by atoms with van der Waals surface area (Å²) in [6, 6.07) is 3.20. The molecule has 1 saturated heterocycles. The molecule has 10 heteroatoms. The van der Waals surface area contributed by atoms with Crippen LogP contribution in [-0.4, -0.2) is 52.1 Å². The van der Waals surface area contributed by atoms with Gasteiger partial charge >= 0.3 is 6.03 Å². The van der Waals surface area contributed by atoms with Gasteiger partial charge < -0.3 is 14.6 Å². The SMILES string of the molecule is CNC(=O)NC(=O)C(C)Sc1nnc(N2CCCC2)n1Cc1ccco1. The van der Waals surface area contributed by atoms with Gasteiger partial charge in [0.2, 0.25) is 11.9 Å². The van der Waals surface area contributed by atoms with Crippen LogP contribution in [0.15, 0.2) is 28.0 Å². The fraction of sp³-hybridized carbons (Fsp3) is 0.500. The number of nitrogens with one attached hydrogen (secondary N) is 2. The predicted molar refractivity (Wildman–Crippen MR) is 97.2 cm³/mol. The third-order valence-corrected chi connectivity index (χ3v) is 5.18. The van der Waals surface area contributed by atoms with Gasteiger partial charge in [-0.1, -0.05) is 11.8 Å². The monoisotopic (exact) mass is 378 g/mol. The Morgan fingerprint density at radius 1 is 1.35 bits per heavy atom. The van der Waals surface area contributed by atoms with Gasteiger partial charge in [0.05, 0.1) is 18.1 Å². The van der Waals surface area contributed by atoms with Gasteiger partial charge in [-0.25, -0.2) is 4.79 Å². The van der Waals surface area contributed by atoms with E-state index in [1.54, 1.807) is 13.2 Å². The van der Waals surface area contributed by atoms with Crippen molar-refractivity contribution in [3.8, 4) is 0 Å². The van der Waals surface area contributed by atoms with E-state index in [1.165, 1.54) is 18.8 Å². The summed E-state index contributed by atoms with van der Waals surface area (Å²) in [5.41, 5.74) is 0. The van der Waals surface area contributed by atoms with Crippen LogP contribution < -0.4 is 15.5 Å². The third kappa shape index (κ3) is 4.18. The number of furan rings is 1. The fourth-order valence-electron chi connectivity index (χ4n) is 2.70. The number of aromatic nitrogens is 3. The van der Waals surface area contributed by atoms with Crippen molar-refractivity contribution in [2.75, 3.05) is 25.0 Å². The van der Waals surface area contributed by atoms with Crippen molar-refractivity contribution in [3.63, 3.8) is 0 Å². The number of imide groups is 1. The first-order valence-corrected chi connectivity index (χ1v) is 9.36. The van der Waals surface area contributed by atoms with Crippen LogP contribution >= 0.6 is 11.8 Å². The lowest BCUT2D eigenvalue weighted by atomic mass is 10.4. The van der Waals surface area contributed by atoms with E-state index < -0.39 is 11.3 Å². The lowest BCUT2D eigenvalue weighted by molar-refractivity contribution is -0.119. The molecule has 140 valence electrons. The van der Waals surface area contributed by atoms with Gasteiger partial charge in [-0.15, -0.1) is 10.2 Å². The van der Waals surface area contributed by atoms with Gasteiger partial charge in [-0.05, 0) is 31.9 Å². The number of carbonyl (C=O) groups excluding carboxylic acids is 2. The summed E-state index contributed by atoms with van der Waals surface area (Å²) in [5, 5.41) is 13.4. The Bertz CT molecular complexity index is 754. The van der Waals surface area contributed by atoms with E-state index in [1.807, 2.05) is 16.7 Å². The van der Waals surface area contributed by atoms with Crippen molar-refractivity contribution < 1.29 is 14.0 Å². The Hall–Kier alpha value is -2.49. The van der Waals surface area contributed by atoms with Crippen LogP contribution in [0.25, 0.3) is 0 Å². The van der Waals surface area contributed by atoms with E-state index in [0.29, 0.717) is 11.7 Å².